The zero-order valence-corrected chi connectivity index (χ0v) is 15.2. The van der Waals surface area contributed by atoms with Crippen molar-refractivity contribution >= 4 is 21.2 Å². The Morgan fingerprint density at radius 3 is 2.70 bits per heavy atom. The van der Waals surface area contributed by atoms with Gasteiger partial charge in [-0.1, -0.05) is 13.0 Å². The Balaban J connectivity index is 1.65. The van der Waals surface area contributed by atoms with Crippen molar-refractivity contribution < 1.29 is 13.5 Å². The summed E-state index contributed by atoms with van der Waals surface area (Å²) in [5, 5.41) is 15.4. The van der Waals surface area contributed by atoms with Gasteiger partial charge >= 0.3 is 0 Å². The van der Waals surface area contributed by atoms with Gasteiger partial charge in [-0.05, 0) is 43.3 Å². The third kappa shape index (κ3) is 4.33. The van der Waals surface area contributed by atoms with E-state index in [-0.39, 0.29) is 23.6 Å². The van der Waals surface area contributed by atoms with Crippen molar-refractivity contribution in [1.82, 2.24) is 10.2 Å². The molecular weight excluding hydrogens is 332 g/mol. The maximum atomic E-state index is 11.7. The fourth-order valence-corrected chi connectivity index (χ4v) is 6.15. The summed E-state index contributed by atoms with van der Waals surface area (Å²) in [6, 6.07) is 4.13. The van der Waals surface area contributed by atoms with E-state index in [2.05, 4.69) is 34.7 Å². The van der Waals surface area contributed by atoms with E-state index in [4.69, 9.17) is 0 Å². The fourth-order valence-electron chi connectivity index (χ4n) is 3.52. The molecule has 0 bridgehead atoms. The van der Waals surface area contributed by atoms with Crippen molar-refractivity contribution in [3.63, 3.8) is 0 Å². The molecule has 2 aliphatic heterocycles. The summed E-state index contributed by atoms with van der Waals surface area (Å²) in [6.07, 6.45) is 1.63. The highest BCUT2D eigenvalue weighted by molar-refractivity contribution is 7.91. The molecule has 1 aromatic rings. The van der Waals surface area contributed by atoms with E-state index < -0.39 is 15.9 Å². The number of hydrogen-bond donors (Lipinski definition) is 2. The van der Waals surface area contributed by atoms with Gasteiger partial charge in [0.25, 0.3) is 0 Å². The second-order valence-corrected chi connectivity index (χ2v) is 10.0. The summed E-state index contributed by atoms with van der Waals surface area (Å²) < 4.78 is 23.3. The minimum Gasteiger partial charge on any atom is -0.390 e. The van der Waals surface area contributed by atoms with Crippen LogP contribution in [0.15, 0.2) is 17.5 Å². The first-order chi connectivity index (χ1) is 10.9. The topological polar surface area (TPSA) is 69.6 Å². The predicted octanol–water partition coefficient (Wildman–Crippen LogP) is 1.27. The van der Waals surface area contributed by atoms with Gasteiger partial charge in [-0.3, -0.25) is 4.90 Å². The lowest BCUT2D eigenvalue weighted by Gasteiger charge is -2.37. The number of likely N-dealkylation sites (tertiary alicyclic amines) is 1. The number of aliphatic hydroxyl groups is 1. The molecule has 0 aliphatic carbocycles. The van der Waals surface area contributed by atoms with Crippen molar-refractivity contribution in [2.75, 3.05) is 31.1 Å². The first kappa shape index (κ1) is 17.4. The van der Waals surface area contributed by atoms with Crippen LogP contribution in [0, 0.1) is 5.92 Å². The summed E-state index contributed by atoms with van der Waals surface area (Å²) in [7, 11) is -3.10. The molecule has 23 heavy (non-hydrogen) atoms. The lowest BCUT2D eigenvalue weighted by Crippen LogP contribution is -2.45. The zero-order chi connectivity index (χ0) is 16.4. The van der Waals surface area contributed by atoms with Crippen LogP contribution < -0.4 is 5.32 Å². The Morgan fingerprint density at radius 2 is 2.13 bits per heavy atom. The van der Waals surface area contributed by atoms with Crippen molar-refractivity contribution in [3.05, 3.63) is 22.4 Å². The van der Waals surface area contributed by atoms with Crippen LogP contribution in [0.3, 0.4) is 0 Å². The highest BCUT2D eigenvalue weighted by atomic mass is 32.2. The van der Waals surface area contributed by atoms with Gasteiger partial charge in [0, 0.05) is 17.5 Å². The number of sulfone groups is 1. The Morgan fingerprint density at radius 1 is 1.39 bits per heavy atom. The minimum atomic E-state index is -3.10. The molecule has 0 radical (unpaired) electrons. The number of aliphatic hydroxyl groups excluding tert-OH is 1. The van der Waals surface area contributed by atoms with Crippen LogP contribution in [0.5, 0.6) is 0 Å². The fraction of sp³-hybridized carbons (Fsp3) is 0.750. The maximum absolute atomic E-state index is 11.7. The van der Waals surface area contributed by atoms with Gasteiger partial charge in [-0.25, -0.2) is 8.42 Å². The third-order valence-electron chi connectivity index (χ3n) is 5.03. The Hall–Kier alpha value is -0.470. The van der Waals surface area contributed by atoms with E-state index >= 15 is 0 Å². The van der Waals surface area contributed by atoms with Crippen molar-refractivity contribution in [3.8, 4) is 0 Å². The smallest absolute Gasteiger partial charge is 0.154 e. The number of nitrogens with one attached hydrogen (secondary N) is 1. The van der Waals surface area contributed by atoms with Gasteiger partial charge in [0.2, 0.25) is 0 Å². The van der Waals surface area contributed by atoms with Gasteiger partial charge in [-0.15, -0.1) is 11.3 Å². The van der Waals surface area contributed by atoms with Crippen molar-refractivity contribution in [2.45, 2.75) is 38.0 Å². The van der Waals surface area contributed by atoms with Crippen LogP contribution >= 0.6 is 11.3 Å². The molecule has 3 heterocycles. The molecule has 0 amide bonds. The minimum absolute atomic E-state index is 0.0440. The van der Waals surface area contributed by atoms with E-state index in [0.717, 1.165) is 19.0 Å². The van der Waals surface area contributed by atoms with Crippen LogP contribution in [0.4, 0.5) is 0 Å². The molecule has 3 atom stereocenters. The van der Waals surface area contributed by atoms with Gasteiger partial charge in [-0.2, -0.15) is 0 Å². The Bertz CT molecular complexity index is 595. The zero-order valence-electron chi connectivity index (χ0n) is 13.5. The van der Waals surface area contributed by atoms with E-state index in [1.54, 1.807) is 11.3 Å². The van der Waals surface area contributed by atoms with Crippen molar-refractivity contribution in [1.29, 1.82) is 0 Å². The van der Waals surface area contributed by atoms with Gasteiger partial charge in [0.1, 0.15) is 0 Å². The predicted molar refractivity (Wildman–Crippen MR) is 93.5 cm³/mol. The number of nitrogens with zero attached hydrogens (tertiary/aromatic N) is 1. The van der Waals surface area contributed by atoms with Gasteiger partial charge < -0.3 is 10.4 Å². The number of hydrogen-bond acceptors (Lipinski definition) is 6. The largest absolute Gasteiger partial charge is 0.390 e. The summed E-state index contributed by atoms with van der Waals surface area (Å²) in [5.74, 6) is 0.711. The standard InChI is InChI=1S/C16H26N2O3S2/c1-12-4-6-18(7-5-12)14(16-3-2-8-22-16)9-17-13-10-23(20,21)11-15(13)19/h2-3,8,12-15,17,19H,4-7,9-11H2,1H3/t13-,14-,15-/m1/s1. The molecule has 2 N–H and O–H groups in total. The molecule has 0 spiro atoms. The molecule has 0 unspecified atom stereocenters. The van der Waals surface area contributed by atoms with E-state index in [0.29, 0.717) is 6.54 Å². The highest BCUT2D eigenvalue weighted by Crippen LogP contribution is 2.29. The normalized spacial score (nSPS) is 30.5. The van der Waals surface area contributed by atoms with Gasteiger partial charge in [0.05, 0.1) is 23.7 Å². The van der Waals surface area contributed by atoms with E-state index in [9.17, 15) is 13.5 Å². The molecule has 130 valence electrons. The summed E-state index contributed by atoms with van der Waals surface area (Å²) >= 11 is 1.75. The molecule has 2 aliphatic rings. The monoisotopic (exact) mass is 358 g/mol. The average molecular weight is 359 g/mol. The van der Waals surface area contributed by atoms with Crippen molar-refractivity contribution in [2.24, 2.45) is 5.92 Å². The quantitative estimate of drug-likeness (QED) is 0.830. The van der Waals surface area contributed by atoms with Crippen LogP contribution in [0.1, 0.15) is 30.7 Å². The molecule has 5 nitrogen and oxygen atoms in total. The summed E-state index contributed by atoms with van der Waals surface area (Å²) in [5.41, 5.74) is 0. The van der Waals surface area contributed by atoms with Crippen LogP contribution in [0.2, 0.25) is 0 Å². The SMILES string of the molecule is CC1CCN([C@H](CN[C@@H]2CS(=O)(=O)C[C@H]2O)c2cccs2)CC1. The number of piperidine rings is 1. The second-order valence-electron chi connectivity index (χ2n) is 6.91. The van der Waals surface area contributed by atoms with E-state index in [1.165, 1.54) is 17.7 Å². The molecule has 2 fully saturated rings. The average Bonchev–Trinajstić information content (AvgIpc) is 3.09. The molecule has 3 rings (SSSR count). The Labute approximate surface area is 142 Å². The lowest BCUT2D eigenvalue weighted by atomic mass is 9.97. The Kier molecular flexibility index (Phi) is 5.42. The molecule has 2 saturated heterocycles. The van der Waals surface area contributed by atoms with Crippen LogP contribution in [-0.2, 0) is 9.84 Å². The summed E-state index contributed by atoms with van der Waals surface area (Å²) in [6.45, 7) is 5.15. The number of thiophene rings is 1. The molecule has 0 saturated carbocycles. The van der Waals surface area contributed by atoms with Gasteiger partial charge in [0.15, 0.2) is 9.84 Å². The van der Waals surface area contributed by atoms with Crippen LogP contribution in [-0.4, -0.2) is 61.7 Å². The molecular formula is C16H26N2O3S2. The first-order valence-electron chi connectivity index (χ1n) is 8.34. The molecule has 7 heteroatoms. The number of rotatable bonds is 5. The first-order valence-corrected chi connectivity index (χ1v) is 11.0. The highest BCUT2D eigenvalue weighted by Gasteiger charge is 2.37. The lowest BCUT2D eigenvalue weighted by molar-refractivity contribution is 0.123. The molecule has 0 aromatic carbocycles. The summed E-state index contributed by atoms with van der Waals surface area (Å²) in [4.78, 5) is 3.80. The third-order valence-corrected chi connectivity index (χ3v) is 7.72. The second kappa shape index (κ2) is 7.19. The van der Waals surface area contributed by atoms with E-state index in [1.807, 2.05) is 0 Å². The molecule has 1 aromatic heterocycles. The maximum Gasteiger partial charge on any atom is 0.154 e. The van der Waals surface area contributed by atoms with Crippen LogP contribution in [0.25, 0.3) is 0 Å².